The van der Waals surface area contributed by atoms with Gasteiger partial charge in [-0.05, 0) is 43.7 Å². The zero-order chi connectivity index (χ0) is 13.7. The van der Waals surface area contributed by atoms with E-state index >= 15 is 0 Å². The summed E-state index contributed by atoms with van der Waals surface area (Å²) in [6, 6.07) is 8.41. The summed E-state index contributed by atoms with van der Waals surface area (Å²) < 4.78 is 19.2. The predicted octanol–water partition coefficient (Wildman–Crippen LogP) is 4.36. The quantitative estimate of drug-likeness (QED) is 0.851. The van der Waals surface area contributed by atoms with Crippen LogP contribution in [-0.4, -0.2) is 6.54 Å². The molecule has 1 aromatic heterocycles. The Kier molecular flexibility index (Phi) is 5.00. The first-order chi connectivity index (χ1) is 9.22. The lowest BCUT2D eigenvalue weighted by molar-refractivity contribution is 0.407. The van der Waals surface area contributed by atoms with E-state index in [-0.39, 0.29) is 11.9 Å². The van der Waals surface area contributed by atoms with Gasteiger partial charge in [0, 0.05) is 10.6 Å². The van der Waals surface area contributed by atoms with E-state index in [1.807, 2.05) is 12.1 Å². The van der Waals surface area contributed by atoms with Crippen LogP contribution in [0.3, 0.4) is 0 Å². The van der Waals surface area contributed by atoms with Crippen LogP contribution >= 0.6 is 11.6 Å². The summed E-state index contributed by atoms with van der Waals surface area (Å²) in [5, 5.41) is 3.81. The van der Waals surface area contributed by atoms with Crippen molar-refractivity contribution in [3.63, 3.8) is 0 Å². The maximum atomic E-state index is 13.8. The average molecular weight is 282 g/mol. The standard InChI is InChI=1S/C15H17ClFNO/c1-2-8-18-14(15-7-4-9-19-15)10-11-12(16)5-3-6-13(11)17/h3-7,9,14,18H,2,8,10H2,1H3. The summed E-state index contributed by atoms with van der Waals surface area (Å²) in [4.78, 5) is 0. The normalized spacial score (nSPS) is 12.6. The van der Waals surface area contributed by atoms with Crippen LogP contribution in [0.4, 0.5) is 4.39 Å². The summed E-state index contributed by atoms with van der Waals surface area (Å²) in [6.45, 7) is 2.93. The van der Waals surface area contributed by atoms with E-state index in [1.54, 1.807) is 18.4 Å². The SMILES string of the molecule is CCCNC(Cc1c(F)cccc1Cl)c1ccco1. The molecule has 2 aromatic rings. The highest BCUT2D eigenvalue weighted by molar-refractivity contribution is 6.31. The van der Waals surface area contributed by atoms with Crippen LogP contribution in [0.2, 0.25) is 5.02 Å². The van der Waals surface area contributed by atoms with Crippen molar-refractivity contribution in [3.8, 4) is 0 Å². The maximum absolute atomic E-state index is 13.8. The van der Waals surface area contributed by atoms with Crippen LogP contribution in [0.1, 0.15) is 30.7 Å². The smallest absolute Gasteiger partial charge is 0.127 e. The van der Waals surface area contributed by atoms with E-state index in [1.165, 1.54) is 6.07 Å². The van der Waals surface area contributed by atoms with Crippen molar-refractivity contribution < 1.29 is 8.81 Å². The van der Waals surface area contributed by atoms with Crippen molar-refractivity contribution in [3.05, 3.63) is 58.8 Å². The number of halogens is 2. The van der Waals surface area contributed by atoms with Gasteiger partial charge in [-0.15, -0.1) is 0 Å². The van der Waals surface area contributed by atoms with Gasteiger partial charge in [0.1, 0.15) is 11.6 Å². The number of nitrogens with one attached hydrogen (secondary N) is 1. The highest BCUT2D eigenvalue weighted by atomic mass is 35.5. The molecule has 2 nitrogen and oxygen atoms in total. The molecule has 1 atom stereocenters. The van der Waals surface area contributed by atoms with Crippen molar-refractivity contribution >= 4 is 11.6 Å². The van der Waals surface area contributed by atoms with Crippen molar-refractivity contribution in [1.29, 1.82) is 0 Å². The lowest BCUT2D eigenvalue weighted by Crippen LogP contribution is -2.24. The Bertz CT molecular complexity index is 493. The molecule has 0 saturated carbocycles. The second-order valence-corrected chi connectivity index (χ2v) is 4.83. The molecule has 0 aliphatic carbocycles. The van der Waals surface area contributed by atoms with Crippen LogP contribution < -0.4 is 5.32 Å². The average Bonchev–Trinajstić information content (AvgIpc) is 2.91. The number of hydrogen-bond acceptors (Lipinski definition) is 2. The van der Waals surface area contributed by atoms with Gasteiger partial charge in [-0.25, -0.2) is 4.39 Å². The van der Waals surface area contributed by atoms with Crippen molar-refractivity contribution in [1.82, 2.24) is 5.32 Å². The van der Waals surface area contributed by atoms with Gasteiger partial charge in [-0.1, -0.05) is 24.6 Å². The molecule has 0 aliphatic rings. The molecule has 1 N–H and O–H groups in total. The number of benzene rings is 1. The van der Waals surface area contributed by atoms with Crippen LogP contribution in [0.25, 0.3) is 0 Å². The van der Waals surface area contributed by atoms with Gasteiger partial charge in [0.2, 0.25) is 0 Å². The Morgan fingerprint density at radius 2 is 2.16 bits per heavy atom. The molecule has 0 spiro atoms. The molecule has 102 valence electrons. The Morgan fingerprint density at radius 3 is 2.79 bits per heavy atom. The number of rotatable bonds is 6. The Morgan fingerprint density at radius 1 is 1.32 bits per heavy atom. The van der Waals surface area contributed by atoms with E-state index in [9.17, 15) is 4.39 Å². The first-order valence-corrected chi connectivity index (χ1v) is 6.79. The zero-order valence-corrected chi connectivity index (χ0v) is 11.6. The summed E-state index contributed by atoms with van der Waals surface area (Å²) in [7, 11) is 0. The Balaban J connectivity index is 2.20. The van der Waals surface area contributed by atoms with E-state index in [2.05, 4.69) is 12.2 Å². The Labute approximate surface area is 117 Å². The minimum absolute atomic E-state index is 0.0654. The molecule has 1 unspecified atom stereocenters. The van der Waals surface area contributed by atoms with Gasteiger partial charge in [-0.3, -0.25) is 0 Å². The molecular formula is C15H17ClFNO. The third-order valence-electron chi connectivity index (χ3n) is 3.00. The monoisotopic (exact) mass is 281 g/mol. The number of furan rings is 1. The summed E-state index contributed by atoms with van der Waals surface area (Å²) in [5.74, 6) is 0.523. The molecule has 0 radical (unpaired) electrons. The molecule has 0 saturated heterocycles. The molecule has 0 amide bonds. The highest BCUT2D eigenvalue weighted by Crippen LogP contribution is 2.26. The molecule has 0 fully saturated rings. The van der Waals surface area contributed by atoms with Crippen LogP contribution in [0.15, 0.2) is 41.0 Å². The largest absolute Gasteiger partial charge is 0.468 e. The third kappa shape index (κ3) is 3.58. The van der Waals surface area contributed by atoms with Gasteiger partial charge in [-0.2, -0.15) is 0 Å². The van der Waals surface area contributed by atoms with E-state index in [0.717, 1.165) is 18.7 Å². The molecule has 0 aliphatic heterocycles. The molecule has 1 heterocycles. The second-order valence-electron chi connectivity index (χ2n) is 4.43. The minimum Gasteiger partial charge on any atom is -0.468 e. The van der Waals surface area contributed by atoms with Crippen LogP contribution in [0, 0.1) is 5.82 Å². The van der Waals surface area contributed by atoms with Crippen molar-refractivity contribution in [2.75, 3.05) is 6.54 Å². The maximum Gasteiger partial charge on any atom is 0.127 e. The molecule has 2 rings (SSSR count). The first-order valence-electron chi connectivity index (χ1n) is 6.42. The highest BCUT2D eigenvalue weighted by Gasteiger charge is 2.18. The third-order valence-corrected chi connectivity index (χ3v) is 3.35. The summed E-state index contributed by atoms with van der Waals surface area (Å²) in [5.41, 5.74) is 0.522. The molecule has 0 bridgehead atoms. The predicted molar refractivity (Wildman–Crippen MR) is 74.9 cm³/mol. The van der Waals surface area contributed by atoms with Gasteiger partial charge in [0.15, 0.2) is 0 Å². The minimum atomic E-state index is -0.276. The van der Waals surface area contributed by atoms with Crippen molar-refractivity contribution in [2.45, 2.75) is 25.8 Å². The van der Waals surface area contributed by atoms with E-state index in [0.29, 0.717) is 17.0 Å². The van der Waals surface area contributed by atoms with Crippen LogP contribution in [-0.2, 0) is 6.42 Å². The lowest BCUT2D eigenvalue weighted by atomic mass is 10.0. The fourth-order valence-corrected chi connectivity index (χ4v) is 2.25. The second kappa shape index (κ2) is 6.73. The molecular weight excluding hydrogens is 265 g/mol. The molecule has 19 heavy (non-hydrogen) atoms. The van der Waals surface area contributed by atoms with Crippen LogP contribution in [0.5, 0.6) is 0 Å². The Hall–Kier alpha value is -1.32. The fourth-order valence-electron chi connectivity index (χ4n) is 2.01. The number of hydrogen-bond donors (Lipinski definition) is 1. The van der Waals surface area contributed by atoms with Gasteiger partial charge >= 0.3 is 0 Å². The zero-order valence-electron chi connectivity index (χ0n) is 10.8. The van der Waals surface area contributed by atoms with E-state index < -0.39 is 0 Å². The fraction of sp³-hybridized carbons (Fsp3) is 0.333. The summed E-state index contributed by atoms with van der Waals surface area (Å²) >= 11 is 6.07. The van der Waals surface area contributed by atoms with Crippen molar-refractivity contribution in [2.24, 2.45) is 0 Å². The first kappa shape index (κ1) is 14.1. The van der Waals surface area contributed by atoms with Gasteiger partial charge < -0.3 is 9.73 Å². The summed E-state index contributed by atoms with van der Waals surface area (Å²) in [6.07, 6.45) is 3.10. The lowest BCUT2D eigenvalue weighted by Gasteiger charge is -2.17. The molecule has 4 heteroatoms. The molecule has 1 aromatic carbocycles. The van der Waals surface area contributed by atoms with E-state index in [4.69, 9.17) is 16.0 Å². The van der Waals surface area contributed by atoms with Gasteiger partial charge in [0.25, 0.3) is 0 Å². The van der Waals surface area contributed by atoms with Gasteiger partial charge in [0.05, 0.1) is 12.3 Å². The topological polar surface area (TPSA) is 25.2 Å².